The van der Waals surface area contributed by atoms with Crippen molar-refractivity contribution in [3.05, 3.63) is 94.2 Å². The molecule has 1 unspecified atom stereocenters. The minimum atomic E-state index is -0.00887. The summed E-state index contributed by atoms with van der Waals surface area (Å²) in [6.07, 6.45) is 8.38. The highest BCUT2D eigenvalue weighted by Crippen LogP contribution is 2.46. The van der Waals surface area contributed by atoms with Crippen LogP contribution in [0.3, 0.4) is 0 Å². The van der Waals surface area contributed by atoms with E-state index in [0.29, 0.717) is 19.4 Å². The predicted molar refractivity (Wildman–Crippen MR) is 203 cm³/mol. The summed E-state index contributed by atoms with van der Waals surface area (Å²) in [5.41, 5.74) is 10.4. The Labute approximate surface area is 303 Å². The van der Waals surface area contributed by atoms with Crippen LogP contribution in [0.1, 0.15) is 66.2 Å². The van der Waals surface area contributed by atoms with Gasteiger partial charge in [0.1, 0.15) is 0 Å². The molecule has 9 rings (SSSR count). The molecule has 2 amide bonds. The fourth-order valence-electron chi connectivity index (χ4n) is 9.01. The largest absolute Gasteiger partial charge is 0.369 e. The molecule has 11 nitrogen and oxygen atoms in total. The predicted octanol–water partition coefficient (Wildman–Crippen LogP) is 4.77. The van der Waals surface area contributed by atoms with Gasteiger partial charge in [0, 0.05) is 92.6 Å². The van der Waals surface area contributed by atoms with Gasteiger partial charge in [0.25, 0.3) is 5.91 Å². The molecule has 1 atom stereocenters. The number of benzene rings is 2. The number of para-hydroxylation sites is 1. The normalized spacial score (nSPS) is 20.1. The van der Waals surface area contributed by atoms with Crippen LogP contribution >= 0.6 is 0 Å². The highest BCUT2D eigenvalue weighted by molar-refractivity contribution is 5.98. The summed E-state index contributed by atoms with van der Waals surface area (Å²) in [4.78, 5) is 51.0. The van der Waals surface area contributed by atoms with Crippen molar-refractivity contribution in [2.75, 3.05) is 50.7 Å². The smallest absolute Gasteiger partial charge is 0.329 e. The van der Waals surface area contributed by atoms with Crippen molar-refractivity contribution in [3.63, 3.8) is 0 Å². The molecule has 268 valence electrons. The molecule has 5 aromatic rings. The molecule has 2 saturated heterocycles. The van der Waals surface area contributed by atoms with Crippen molar-refractivity contribution >= 4 is 28.5 Å². The minimum absolute atomic E-state index is 0.00812. The Hall–Kier alpha value is -5.16. The minimum Gasteiger partial charge on any atom is -0.369 e. The van der Waals surface area contributed by atoms with E-state index in [9.17, 15) is 14.4 Å². The third kappa shape index (κ3) is 5.71. The molecule has 0 bridgehead atoms. The highest BCUT2D eigenvalue weighted by atomic mass is 16.2. The Morgan fingerprint density at radius 3 is 2.50 bits per heavy atom. The number of aryl methyl sites for hydroxylation is 2. The lowest BCUT2D eigenvalue weighted by atomic mass is 9.64. The van der Waals surface area contributed by atoms with Gasteiger partial charge in [0.2, 0.25) is 5.91 Å². The third-order valence-electron chi connectivity index (χ3n) is 12.2. The molecule has 3 fully saturated rings. The van der Waals surface area contributed by atoms with E-state index < -0.39 is 0 Å². The number of hydrogen-bond acceptors (Lipinski definition) is 6. The molecule has 3 aliphatic heterocycles. The number of H-pyrrole nitrogens is 1. The number of imidazole rings is 1. The zero-order valence-corrected chi connectivity index (χ0v) is 29.8. The van der Waals surface area contributed by atoms with Crippen LogP contribution in [0, 0.1) is 0 Å². The Morgan fingerprint density at radius 1 is 0.923 bits per heavy atom. The number of anilines is 1. The average Bonchev–Trinajstić information content (AvgIpc) is 3.73. The zero-order chi connectivity index (χ0) is 35.4. The van der Waals surface area contributed by atoms with Crippen LogP contribution in [0.5, 0.6) is 0 Å². The second-order valence-corrected chi connectivity index (χ2v) is 15.2. The standard InChI is InChI=1S/C41H46N8O3/c1-46-37-28(5-2-7-35(37)49(40(46)52)31-12-13-36(50)43-25-31)6-3-18-47-19-21-48(22-20-47)30-10-8-27(9-11-30)33-23-29(14-17-42-33)34-24-32-38(45-34)41(15-4-16-41)26-44-39(32)51/h2,5,7-11,14,17,23-24,31,45H,3-4,6,12-13,15-16,18-22,25-26H2,1H3,(H,43,50)(H,44,51). The summed E-state index contributed by atoms with van der Waals surface area (Å²) in [6, 6.07) is 21.1. The summed E-state index contributed by atoms with van der Waals surface area (Å²) in [5, 5.41) is 6.03. The van der Waals surface area contributed by atoms with Gasteiger partial charge >= 0.3 is 5.69 Å². The first kappa shape index (κ1) is 32.7. The van der Waals surface area contributed by atoms with Crippen LogP contribution < -0.4 is 21.2 Å². The Balaban J connectivity index is 0.811. The number of pyridine rings is 1. The fraction of sp³-hybridized carbons (Fsp3) is 0.415. The van der Waals surface area contributed by atoms with Gasteiger partial charge in [-0.15, -0.1) is 0 Å². The van der Waals surface area contributed by atoms with Crippen LogP contribution in [-0.2, 0) is 23.7 Å². The number of carbonyl (C=O) groups excluding carboxylic acids is 2. The highest BCUT2D eigenvalue weighted by Gasteiger charge is 2.45. The molecule has 0 radical (unpaired) electrons. The molecule has 52 heavy (non-hydrogen) atoms. The van der Waals surface area contributed by atoms with E-state index in [4.69, 9.17) is 4.98 Å². The lowest BCUT2D eigenvalue weighted by molar-refractivity contribution is -0.122. The van der Waals surface area contributed by atoms with Gasteiger partial charge in [-0.2, -0.15) is 0 Å². The first-order chi connectivity index (χ1) is 25.4. The molecular weight excluding hydrogens is 653 g/mol. The van der Waals surface area contributed by atoms with Gasteiger partial charge < -0.3 is 20.5 Å². The van der Waals surface area contributed by atoms with Crippen molar-refractivity contribution in [2.24, 2.45) is 7.05 Å². The van der Waals surface area contributed by atoms with Crippen LogP contribution in [0.25, 0.3) is 33.5 Å². The summed E-state index contributed by atoms with van der Waals surface area (Å²) in [6.45, 7) is 6.22. The molecule has 1 aliphatic carbocycles. The first-order valence-electron chi connectivity index (χ1n) is 18.9. The first-order valence-corrected chi connectivity index (χ1v) is 18.9. The van der Waals surface area contributed by atoms with Crippen LogP contribution in [0.15, 0.2) is 71.7 Å². The molecule has 1 spiro atoms. The third-order valence-corrected chi connectivity index (χ3v) is 12.2. The fourth-order valence-corrected chi connectivity index (χ4v) is 9.01. The van der Waals surface area contributed by atoms with Gasteiger partial charge in [-0.05, 0) is 80.6 Å². The quantitative estimate of drug-likeness (QED) is 0.215. The Morgan fingerprint density at radius 2 is 1.75 bits per heavy atom. The number of hydrogen-bond donors (Lipinski definition) is 3. The number of piperidine rings is 1. The maximum Gasteiger partial charge on any atom is 0.329 e. The van der Waals surface area contributed by atoms with Crippen molar-refractivity contribution < 1.29 is 9.59 Å². The van der Waals surface area contributed by atoms with Gasteiger partial charge in [-0.3, -0.25) is 28.6 Å². The number of rotatable bonds is 8. The number of aromatic amines is 1. The number of piperazine rings is 1. The number of fused-ring (bicyclic) bond motifs is 3. The summed E-state index contributed by atoms with van der Waals surface area (Å²) >= 11 is 0. The van der Waals surface area contributed by atoms with Crippen molar-refractivity contribution in [1.29, 1.82) is 0 Å². The molecular formula is C41H46N8O3. The summed E-state index contributed by atoms with van der Waals surface area (Å²) < 4.78 is 3.68. The molecule has 3 N–H and O–H groups in total. The van der Waals surface area contributed by atoms with Crippen LogP contribution in [0.4, 0.5) is 5.69 Å². The number of carbonyl (C=O) groups is 2. The lowest BCUT2D eigenvalue weighted by Crippen LogP contribution is -2.50. The SMILES string of the molecule is Cn1c(=O)n(C2CCC(=O)NC2)c2cccc(CCCN3CCN(c4ccc(-c5cc(-c6cc7c([nH]6)C6(CCC6)CNC7=O)ccn5)cc4)CC3)c21. The lowest BCUT2D eigenvalue weighted by Gasteiger charge is -2.44. The molecule has 1 saturated carbocycles. The van der Waals surface area contributed by atoms with Crippen LogP contribution in [-0.4, -0.2) is 81.6 Å². The summed E-state index contributed by atoms with van der Waals surface area (Å²) in [7, 11) is 1.87. The van der Waals surface area contributed by atoms with E-state index in [1.54, 1.807) is 4.57 Å². The van der Waals surface area contributed by atoms with Crippen molar-refractivity contribution in [3.8, 4) is 22.5 Å². The average molecular weight is 699 g/mol. The summed E-state index contributed by atoms with van der Waals surface area (Å²) in [5.74, 6) is 0.0781. The number of amides is 2. The van der Waals surface area contributed by atoms with Gasteiger partial charge in [-0.1, -0.05) is 30.7 Å². The van der Waals surface area contributed by atoms with Crippen LogP contribution in [0.2, 0.25) is 0 Å². The topological polar surface area (TPSA) is 120 Å². The van der Waals surface area contributed by atoms with Gasteiger partial charge in [0.05, 0.1) is 28.3 Å². The molecule has 2 aromatic carbocycles. The maximum absolute atomic E-state index is 13.3. The van der Waals surface area contributed by atoms with Crippen molar-refractivity contribution in [1.82, 2.24) is 34.6 Å². The number of nitrogens with one attached hydrogen (secondary N) is 3. The number of aromatic nitrogens is 4. The van der Waals surface area contributed by atoms with E-state index in [1.807, 2.05) is 36.0 Å². The number of nitrogens with zero attached hydrogens (tertiary/aromatic N) is 5. The van der Waals surface area contributed by atoms with Gasteiger partial charge in [-0.25, -0.2) is 4.79 Å². The van der Waals surface area contributed by atoms with Crippen molar-refractivity contribution in [2.45, 2.75) is 56.4 Å². The second kappa shape index (κ2) is 13.1. The molecule has 6 heterocycles. The van der Waals surface area contributed by atoms with E-state index in [2.05, 4.69) is 67.9 Å². The second-order valence-electron chi connectivity index (χ2n) is 15.2. The maximum atomic E-state index is 13.3. The van der Waals surface area contributed by atoms with E-state index >= 15 is 0 Å². The zero-order valence-electron chi connectivity index (χ0n) is 29.8. The molecule has 11 heteroatoms. The van der Waals surface area contributed by atoms with E-state index in [0.717, 1.165) is 110 Å². The molecule has 4 aliphatic rings. The monoisotopic (exact) mass is 698 g/mol. The molecule has 3 aromatic heterocycles. The Bertz CT molecular complexity index is 2210. The Kier molecular flexibility index (Phi) is 8.25. The van der Waals surface area contributed by atoms with E-state index in [-0.39, 0.29) is 29.0 Å². The van der Waals surface area contributed by atoms with Gasteiger partial charge in [0.15, 0.2) is 0 Å². The van der Waals surface area contributed by atoms with E-state index in [1.165, 1.54) is 17.7 Å².